The number of aromatic nitrogens is 1. The van der Waals surface area contributed by atoms with Gasteiger partial charge in [-0.25, -0.2) is 0 Å². The first-order valence-corrected chi connectivity index (χ1v) is 17.6. The van der Waals surface area contributed by atoms with Gasteiger partial charge in [-0.3, -0.25) is 4.98 Å². The Labute approximate surface area is 301 Å². The summed E-state index contributed by atoms with van der Waals surface area (Å²) in [6.45, 7) is 0. The van der Waals surface area contributed by atoms with Crippen molar-refractivity contribution in [1.29, 1.82) is 0 Å². The summed E-state index contributed by atoms with van der Waals surface area (Å²) in [4.78, 5) is 7.15. The van der Waals surface area contributed by atoms with Crippen LogP contribution < -0.4 is 4.90 Å². The summed E-state index contributed by atoms with van der Waals surface area (Å²) < 4.78 is 6.60. The summed E-state index contributed by atoms with van der Waals surface area (Å²) in [5.41, 5.74) is 12.9. The number of benzene rings is 8. The van der Waals surface area contributed by atoms with E-state index < -0.39 is 0 Å². The van der Waals surface area contributed by atoms with E-state index in [0.29, 0.717) is 0 Å². The number of anilines is 3. The van der Waals surface area contributed by atoms with Crippen molar-refractivity contribution in [3.63, 3.8) is 0 Å². The van der Waals surface area contributed by atoms with Gasteiger partial charge >= 0.3 is 0 Å². The number of fused-ring (bicyclic) bond motifs is 6. The Morgan fingerprint density at radius 2 is 0.981 bits per heavy atom. The maximum Gasteiger partial charge on any atom is 0.146 e. The van der Waals surface area contributed by atoms with Crippen LogP contribution >= 0.6 is 0 Å². The van der Waals surface area contributed by atoms with Crippen molar-refractivity contribution < 1.29 is 4.42 Å². The predicted octanol–water partition coefficient (Wildman–Crippen LogP) is 13.8. The highest BCUT2D eigenvalue weighted by Gasteiger charge is 2.22. The molecule has 52 heavy (non-hydrogen) atoms. The van der Waals surface area contributed by atoms with E-state index >= 15 is 0 Å². The Hall–Kier alpha value is -6.97. The molecule has 0 fully saturated rings. The Morgan fingerprint density at radius 1 is 0.423 bits per heavy atom. The van der Waals surface area contributed by atoms with Gasteiger partial charge in [-0.1, -0.05) is 140 Å². The Kier molecular flexibility index (Phi) is 7.14. The molecule has 0 saturated carbocycles. The molecule has 10 rings (SSSR count). The van der Waals surface area contributed by atoms with E-state index in [0.717, 1.165) is 55.5 Å². The number of rotatable bonds is 6. The summed E-state index contributed by atoms with van der Waals surface area (Å²) in [7, 11) is 0. The lowest BCUT2D eigenvalue weighted by molar-refractivity contribution is 0.672. The summed E-state index contributed by atoms with van der Waals surface area (Å²) in [5.74, 6) is 0. The molecule has 0 saturated heterocycles. The van der Waals surface area contributed by atoms with E-state index in [-0.39, 0.29) is 0 Å². The highest BCUT2D eigenvalue weighted by molar-refractivity contribution is 6.21. The van der Waals surface area contributed by atoms with Crippen LogP contribution in [0, 0.1) is 0 Å². The summed E-state index contributed by atoms with van der Waals surface area (Å²) in [6.07, 6.45) is 1.85. The molecule has 0 amide bonds. The molecule has 0 bridgehead atoms. The minimum Gasteiger partial charge on any atom is -0.455 e. The fourth-order valence-electron chi connectivity index (χ4n) is 7.58. The van der Waals surface area contributed by atoms with Crippen molar-refractivity contribution in [2.45, 2.75) is 0 Å². The Bertz CT molecular complexity index is 2870. The molecule has 2 heterocycles. The van der Waals surface area contributed by atoms with Crippen molar-refractivity contribution in [2.75, 3.05) is 4.90 Å². The summed E-state index contributed by atoms with van der Waals surface area (Å²) in [5, 5.41) is 5.62. The number of para-hydroxylation sites is 1. The molecule has 0 aliphatic rings. The molecule has 3 nitrogen and oxygen atoms in total. The SMILES string of the molecule is c1ccc(-c2ccc(-c3ccc(N(c4ccc(-c5cccc6ccccc56)cc4)c4cc5ncccc5c5oc6ccccc6c45)cc3)cc2)cc1. The van der Waals surface area contributed by atoms with Crippen molar-refractivity contribution in [3.05, 3.63) is 194 Å². The molecule has 0 unspecified atom stereocenters. The van der Waals surface area contributed by atoms with Crippen LogP contribution in [0.1, 0.15) is 0 Å². The van der Waals surface area contributed by atoms with Crippen molar-refractivity contribution in [2.24, 2.45) is 0 Å². The quantitative estimate of drug-likeness (QED) is 0.177. The lowest BCUT2D eigenvalue weighted by atomic mass is 9.97. The number of hydrogen-bond acceptors (Lipinski definition) is 3. The molecule has 0 spiro atoms. The standard InChI is InChI=1S/C49H32N2O/c1-2-10-33(11-3-1)34-19-21-35(22-20-34)36-23-27-39(28-24-36)51(40-29-25-38(26-30-40)42-16-8-13-37-12-4-5-14-41(37)42)46-32-45-43(17-9-31-50-45)49-48(46)44-15-6-7-18-47(44)52-49/h1-32H. The van der Waals surface area contributed by atoms with Gasteiger partial charge in [-0.15, -0.1) is 0 Å². The molecule has 0 radical (unpaired) electrons. The first-order chi connectivity index (χ1) is 25.8. The van der Waals surface area contributed by atoms with Gasteiger partial charge in [0.15, 0.2) is 0 Å². The van der Waals surface area contributed by atoms with Crippen LogP contribution in [0.5, 0.6) is 0 Å². The number of nitrogens with zero attached hydrogens (tertiary/aromatic N) is 2. The van der Waals surface area contributed by atoms with E-state index in [2.05, 4.69) is 175 Å². The lowest BCUT2D eigenvalue weighted by Crippen LogP contribution is -2.10. The van der Waals surface area contributed by atoms with Gasteiger partial charge in [0.2, 0.25) is 0 Å². The van der Waals surface area contributed by atoms with Gasteiger partial charge in [0.1, 0.15) is 11.2 Å². The van der Waals surface area contributed by atoms with Gasteiger partial charge < -0.3 is 9.32 Å². The van der Waals surface area contributed by atoms with Crippen LogP contribution in [-0.4, -0.2) is 4.98 Å². The third-order valence-corrected chi connectivity index (χ3v) is 10.1. The van der Waals surface area contributed by atoms with E-state index in [9.17, 15) is 0 Å². The van der Waals surface area contributed by atoms with Gasteiger partial charge in [-0.05, 0) is 92.7 Å². The van der Waals surface area contributed by atoms with Crippen molar-refractivity contribution in [1.82, 2.24) is 4.98 Å². The molecule has 0 atom stereocenters. The first-order valence-electron chi connectivity index (χ1n) is 17.6. The summed E-state index contributed by atoms with van der Waals surface area (Å²) >= 11 is 0. The van der Waals surface area contributed by atoms with Crippen LogP contribution in [0.3, 0.4) is 0 Å². The molecular weight excluding hydrogens is 633 g/mol. The number of pyridine rings is 1. The molecular formula is C49H32N2O. The fraction of sp³-hybridized carbons (Fsp3) is 0. The molecule has 0 aliphatic carbocycles. The maximum absolute atomic E-state index is 6.60. The minimum absolute atomic E-state index is 0.842. The van der Waals surface area contributed by atoms with Gasteiger partial charge in [-0.2, -0.15) is 0 Å². The van der Waals surface area contributed by atoms with E-state index in [4.69, 9.17) is 9.40 Å². The van der Waals surface area contributed by atoms with Gasteiger partial charge in [0.25, 0.3) is 0 Å². The molecule has 0 aliphatic heterocycles. The molecule has 8 aromatic carbocycles. The van der Waals surface area contributed by atoms with Crippen LogP contribution in [0.2, 0.25) is 0 Å². The molecule has 0 N–H and O–H groups in total. The lowest BCUT2D eigenvalue weighted by Gasteiger charge is -2.27. The highest BCUT2D eigenvalue weighted by atomic mass is 16.3. The van der Waals surface area contributed by atoms with Crippen LogP contribution in [-0.2, 0) is 0 Å². The summed E-state index contributed by atoms with van der Waals surface area (Å²) in [6, 6.07) is 66.8. The third kappa shape index (κ3) is 5.10. The van der Waals surface area contributed by atoms with Crippen molar-refractivity contribution in [3.8, 4) is 33.4 Å². The second kappa shape index (κ2) is 12.4. The predicted molar refractivity (Wildman–Crippen MR) is 218 cm³/mol. The van der Waals surface area contributed by atoms with E-state index in [1.165, 1.54) is 38.6 Å². The normalized spacial score (nSPS) is 11.5. The number of furan rings is 1. The molecule has 244 valence electrons. The Balaban J connectivity index is 1.13. The largest absolute Gasteiger partial charge is 0.455 e. The number of hydrogen-bond donors (Lipinski definition) is 0. The van der Waals surface area contributed by atoms with Crippen LogP contribution in [0.25, 0.3) is 77.0 Å². The zero-order chi connectivity index (χ0) is 34.4. The molecule has 10 aromatic rings. The monoisotopic (exact) mass is 664 g/mol. The topological polar surface area (TPSA) is 29.3 Å². The zero-order valence-corrected chi connectivity index (χ0v) is 28.3. The first kappa shape index (κ1) is 29.9. The van der Waals surface area contributed by atoms with Gasteiger partial charge in [0, 0.05) is 28.3 Å². The zero-order valence-electron chi connectivity index (χ0n) is 28.3. The van der Waals surface area contributed by atoms with E-state index in [1.54, 1.807) is 0 Å². The van der Waals surface area contributed by atoms with Crippen LogP contribution in [0.15, 0.2) is 199 Å². The van der Waals surface area contributed by atoms with Crippen LogP contribution in [0.4, 0.5) is 17.1 Å². The molecule has 3 heteroatoms. The second-order valence-electron chi connectivity index (χ2n) is 13.2. The maximum atomic E-state index is 6.60. The fourth-order valence-corrected chi connectivity index (χ4v) is 7.58. The van der Waals surface area contributed by atoms with Gasteiger partial charge in [0.05, 0.1) is 16.6 Å². The van der Waals surface area contributed by atoms with E-state index in [1.807, 2.05) is 24.4 Å². The molecule has 2 aromatic heterocycles. The Morgan fingerprint density at radius 3 is 1.71 bits per heavy atom. The minimum atomic E-state index is 0.842. The highest BCUT2D eigenvalue weighted by Crippen LogP contribution is 2.46. The van der Waals surface area contributed by atoms with Crippen molar-refractivity contribution >= 4 is 60.7 Å². The smallest absolute Gasteiger partial charge is 0.146 e. The average molecular weight is 665 g/mol. The second-order valence-corrected chi connectivity index (χ2v) is 13.2. The third-order valence-electron chi connectivity index (χ3n) is 10.1. The average Bonchev–Trinajstić information content (AvgIpc) is 3.62.